The summed E-state index contributed by atoms with van der Waals surface area (Å²) < 4.78 is 11.6. The molecule has 7 nitrogen and oxygen atoms in total. The van der Waals surface area contributed by atoms with Crippen LogP contribution >= 0.6 is 0 Å². The van der Waals surface area contributed by atoms with Crippen LogP contribution < -0.4 is 5.32 Å². The van der Waals surface area contributed by atoms with Gasteiger partial charge in [0.05, 0.1) is 18.0 Å². The maximum atomic E-state index is 12.2. The summed E-state index contributed by atoms with van der Waals surface area (Å²) in [4.78, 5) is 22.2. The first kappa shape index (κ1) is 16.1. The summed E-state index contributed by atoms with van der Waals surface area (Å²) in [6.07, 6.45) is 8.65. The molecule has 0 saturated carbocycles. The number of aromatic amines is 1. The molecule has 0 unspecified atom stereocenters. The molecule has 7 heteroatoms. The minimum Gasteiger partial charge on any atom is -0.459 e. The van der Waals surface area contributed by atoms with Crippen molar-refractivity contribution in [3.05, 3.63) is 42.4 Å². The van der Waals surface area contributed by atoms with E-state index < -0.39 is 0 Å². The summed E-state index contributed by atoms with van der Waals surface area (Å²) in [5, 5.41) is 3.04. The Morgan fingerprint density at radius 2 is 2.46 bits per heavy atom. The van der Waals surface area contributed by atoms with Gasteiger partial charge in [-0.3, -0.25) is 9.69 Å². The first-order valence-electron chi connectivity index (χ1n) is 9.44. The van der Waals surface area contributed by atoms with E-state index in [1.165, 1.54) is 6.26 Å². The quantitative estimate of drug-likeness (QED) is 0.819. The van der Waals surface area contributed by atoms with Crippen molar-refractivity contribution in [3.8, 4) is 0 Å². The number of imidazole rings is 1. The minimum atomic E-state index is -0.139. The third-order valence-corrected chi connectivity index (χ3v) is 6.32. The molecule has 5 rings (SSSR count). The van der Waals surface area contributed by atoms with E-state index >= 15 is 0 Å². The average Bonchev–Trinajstić information content (AvgIpc) is 3.45. The minimum absolute atomic E-state index is 0.00604. The lowest BCUT2D eigenvalue weighted by Gasteiger charge is -2.29. The van der Waals surface area contributed by atoms with E-state index in [-0.39, 0.29) is 17.6 Å². The van der Waals surface area contributed by atoms with Crippen LogP contribution in [0, 0.1) is 11.8 Å². The van der Waals surface area contributed by atoms with Crippen molar-refractivity contribution in [3.63, 3.8) is 0 Å². The number of ether oxygens (including phenoxy) is 1. The monoisotopic (exact) mass is 356 g/mol. The van der Waals surface area contributed by atoms with E-state index in [0.717, 1.165) is 44.7 Å². The molecule has 3 aliphatic heterocycles. The lowest BCUT2D eigenvalue weighted by atomic mass is 9.73. The zero-order valence-corrected chi connectivity index (χ0v) is 14.7. The number of nitrogens with zero attached hydrogens (tertiary/aromatic N) is 2. The maximum Gasteiger partial charge on any atom is 0.286 e. The van der Waals surface area contributed by atoms with Crippen LogP contribution in [0.2, 0.25) is 0 Å². The van der Waals surface area contributed by atoms with Crippen LogP contribution in [0.5, 0.6) is 0 Å². The van der Waals surface area contributed by atoms with Gasteiger partial charge in [0.15, 0.2) is 5.76 Å². The topological polar surface area (TPSA) is 83.4 Å². The second-order valence-corrected chi connectivity index (χ2v) is 7.74. The highest BCUT2D eigenvalue weighted by Gasteiger charge is 2.62. The lowest BCUT2D eigenvalue weighted by Crippen LogP contribution is -2.41. The molecular formula is C19H24N4O3. The Hall–Kier alpha value is -2.12. The van der Waals surface area contributed by atoms with Gasteiger partial charge in [-0.15, -0.1) is 0 Å². The molecule has 4 atom stereocenters. The molecule has 3 saturated heterocycles. The van der Waals surface area contributed by atoms with E-state index in [4.69, 9.17) is 9.15 Å². The summed E-state index contributed by atoms with van der Waals surface area (Å²) in [5.41, 5.74) is -0.00604. The standard InChI is InChI=1S/C19H24N4O3/c24-18(16-2-1-9-25-16)22-10-13-14-11-23(8-4-17-20-6-7-21-17)12-19(14)5-3-15(13)26-19/h1-2,6-7,9,13-15H,3-5,8,10-12H2,(H,20,21)(H,22,24)/t13-,14+,15+,19+/m0/s1. The van der Waals surface area contributed by atoms with Crippen molar-refractivity contribution in [2.45, 2.75) is 31.0 Å². The highest BCUT2D eigenvalue weighted by molar-refractivity contribution is 5.91. The highest BCUT2D eigenvalue weighted by Crippen LogP contribution is 2.54. The van der Waals surface area contributed by atoms with Crippen LogP contribution in [0.3, 0.4) is 0 Å². The van der Waals surface area contributed by atoms with Crippen molar-refractivity contribution in [1.29, 1.82) is 0 Å². The number of carbonyl (C=O) groups is 1. The van der Waals surface area contributed by atoms with Gasteiger partial charge < -0.3 is 19.5 Å². The number of H-pyrrole nitrogens is 1. The highest BCUT2D eigenvalue weighted by atomic mass is 16.5. The Morgan fingerprint density at radius 3 is 3.27 bits per heavy atom. The third-order valence-electron chi connectivity index (χ3n) is 6.32. The average molecular weight is 356 g/mol. The molecule has 3 aliphatic rings. The van der Waals surface area contributed by atoms with Crippen LogP contribution in [0.4, 0.5) is 0 Å². The van der Waals surface area contributed by atoms with Crippen LogP contribution in [-0.4, -0.2) is 58.7 Å². The van der Waals surface area contributed by atoms with E-state index in [1.807, 2.05) is 6.20 Å². The van der Waals surface area contributed by atoms with Gasteiger partial charge in [0.2, 0.25) is 0 Å². The zero-order chi connectivity index (χ0) is 17.6. The summed E-state index contributed by atoms with van der Waals surface area (Å²) in [5.74, 6) is 2.15. The molecule has 26 heavy (non-hydrogen) atoms. The van der Waals surface area contributed by atoms with Gasteiger partial charge in [-0.05, 0) is 25.0 Å². The number of hydrogen-bond donors (Lipinski definition) is 2. The Bertz CT molecular complexity index is 760. The smallest absolute Gasteiger partial charge is 0.286 e. The van der Waals surface area contributed by atoms with Crippen molar-refractivity contribution in [2.75, 3.05) is 26.2 Å². The number of aromatic nitrogens is 2. The fourth-order valence-corrected chi connectivity index (χ4v) is 5.13. The fourth-order valence-electron chi connectivity index (χ4n) is 5.13. The Kier molecular flexibility index (Phi) is 3.86. The predicted octanol–water partition coefficient (Wildman–Crippen LogP) is 1.45. The maximum absolute atomic E-state index is 12.2. The van der Waals surface area contributed by atoms with Gasteiger partial charge in [0.25, 0.3) is 5.91 Å². The normalized spacial score (nSPS) is 32.8. The molecule has 2 aromatic rings. The van der Waals surface area contributed by atoms with E-state index in [1.54, 1.807) is 18.3 Å². The number of carbonyl (C=O) groups excluding carboxylic acids is 1. The molecule has 2 bridgehead atoms. The molecule has 0 radical (unpaired) electrons. The second kappa shape index (κ2) is 6.25. The zero-order valence-electron chi connectivity index (χ0n) is 14.7. The van der Waals surface area contributed by atoms with Crippen LogP contribution in [0.1, 0.15) is 29.2 Å². The molecule has 0 aliphatic carbocycles. The van der Waals surface area contributed by atoms with Gasteiger partial charge in [0, 0.05) is 56.8 Å². The Labute approximate surface area is 152 Å². The summed E-state index contributed by atoms with van der Waals surface area (Å²) in [6.45, 7) is 3.68. The largest absolute Gasteiger partial charge is 0.459 e. The van der Waals surface area contributed by atoms with Crippen molar-refractivity contribution in [2.24, 2.45) is 11.8 Å². The summed E-state index contributed by atoms with van der Waals surface area (Å²) in [7, 11) is 0. The van der Waals surface area contributed by atoms with Gasteiger partial charge in [-0.1, -0.05) is 0 Å². The molecule has 1 amide bonds. The number of fused-ring (bicyclic) bond motifs is 1. The van der Waals surface area contributed by atoms with Gasteiger partial charge in [-0.2, -0.15) is 0 Å². The van der Waals surface area contributed by atoms with E-state index in [9.17, 15) is 4.79 Å². The van der Waals surface area contributed by atoms with Crippen LogP contribution in [-0.2, 0) is 11.2 Å². The first-order valence-corrected chi connectivity index (χ1v) is 9.44. The predicted molar refractivity (Wildman–Crippen MR) is 93.6 cm³/mol. The summed E-state index contributed by atoms with van der Waals surface area (Å²) >= 11 is 0. The number of amides is 1. The molecular weight excluding hydrogens is 332 g/mol. The third kappa shape index (κ3) is 2.66. The SMILES string of the molecule is O=C(NC[C@H]1[C@H]2CN(CCc3ncc[nH]3)C[C@]23CC[C@H]1O3)c1ccco1. The molecule has 2 aromatic heterocycles. The first-order chi connectivity index (χ1) is 12.7. The van der Waals surface area contributed by atoms with Crippen LogP contribution in [0.25, 0.3) is 0 Å². The fraction of sp³-hybridized carbons (Fsp3) is 0.579. The van der Waals surface area contributed by atoms with Gasteiger partial charge in [0.1, 0.15) is 5.82 Å². The Balaban J connectivity index is 1.21. The van der Waals surface area contributed by atoms with Gasteiger partial charge >= 0.3 is 0 Å². The number of rotatable bonds is 6. The summed E-state index contributed by atoms with van der Waals surface area (Å²) in [6, 6.07) is 3.43. The van der Waals surface area contributed by atoms with Gasteiger partial charge in [-0.25, -0.2) is 4.98 Å². The number of furan rings is 1. The Morgan fingerprint density at radius 1 is 1.50 bits per heavy atom. The van der Waals surface area contributed by atoms with Crippen LogP contribution in [0.15, 0.2) is 35.2 Å². The number of likely N-dealkylation sites (tertiary alicyclic amines) is 1. The molecule has 138 valence electrons. The van der Waals surface area contributed by atoms with Crippen molar-refractivity contribution < 1.29 is 13.9 Å². The van der Waals surface area contributed by atoms with E-state index in [2.05, 4.69) is 20.2 Å². The molecule has 5 heterocycles. The molecule has 2 N–H and O–H groups in total. The van der Waals surface area contributed by atoms with Crippen molar-refractivity contribution in [1.82, 2.24) is 20.2 Å². The van der Waals surface area contributed by atoms with E-state index in [0.29, 0.717) is 24.1 Å². The molecule has 3 fully saturated rings. The lowest BCUT2D eigenvalue weighted by molar-refractivity contribution is 0.00282. The second-order valence-electron chi connectivity index (χ2n) is 7.74. The number of hydrogen-bond acceptors (Lipinski definition) is 5. The molecule has 1 spiro atoms. The number of nitrogens with one attached hydrogen (secondary N) is 2. The molecule has 0 aromatic carbocycles. The van der Waals surface area contributed by atoms with Crippen molar-refractivity contribution >= 4 is 5.91 Å².